The van der Waals surface area contributed by atoms with Gasteiger partial charge in [-0.05, 0) is 75.2 Å². The summed E-state index contributed by atoms with van der Waals surface area (Å²) >= 11 is 0. The number of para-hydroxylation sites is 2. The maximum atomic E-state index is 12.7. The van der Waals surface area contributed by atoms with Crippen LogP contribution in [0.3, 0.4) is 0 Å². The Bertz CT molecular complexity index is 1570. The quantitative estimate of drug-likeness (QED) is 0.135. The maximum Gasteiger partial charge on any atom is 0.408 e. The van der Waals surface area contributed by atoms with E-state index in [-0.39, 0.29) is 36.1 Å². The Kier molecular flexibility index (Phi) is 7.57. The fraction of sp³-hybridized carbons (Fsp3) is 0.241. The van der Waals surface area contributed by atoms with Crippen LogP contribution in [0.4, 0.5) is 10.5 Å². The summed E-state index contributed by atoms with van der Waals surface area (Å²) in [5.74, 6) is 0.0359. The maximum absolute atomic E-state index is 12.7. The van der Waals surface area contributed by atoms with Gasteiger partial charge in [0.25, 0.3) is 0 Å². The average Bonchev–Trinajstić information content (AvgIpc) is 3.21. The Morgan fingerprint density at radius 2 is 1.85 bits per heavy atom. The summed E-state index contributed by atoms with van der Waals surface area (Å²) in [5.41, 5.74) is 9.70. The molecule has 0 aliphatic rings. The number of aromatic hydroxyl groups is 1. The first-order chi connectivity index (χ1) is 18.4. The van der Waals surface area contributed by atoms with Gasteiger partial charge in [-0.25, -0.2) is 9.78 Å². The number of aromatic nitrogens is 2. The largest absolute Gasteiger partial charge is 0.506 e. The number of anilines is 1. The van der Waals surface area contributed by atoms with Crippen LogP contribution in [0, 0.1) is 12.3 Å². The molecule has 6 N–H and O–H groups in total. The molecule has 10 heteroatoms. The Hall–Kier alpha value is -4.86. The number of rotatable bonds is 7. The smallest absolute Gasteiger partial charge is 0.408 e. The minimum absolute atomic E-state index is 0.0720. The lowest BCUT2D eigenvalue weighted by molar-refractivity contribution is -0.115. The minimum atomic E-state index is -0.613. The first kappa shape index (κ1) is 27.2. The molecule has 202 valence electrons. The second kappa shape index (κ2) is 10.9. The highest BCUT2D eigenvalue weighted by atomic mass is 16.6. The second-order valence-corrected chi connectivity index (χ2v) is 10.2. The number of phenols is 1. The number of imidazole rings is 1. The molecule has 4 aromatic rings. The Balaban J connectivity index is 1.56. The van der Waals surface area contributed by atoms with E-state index in [1.165, 1.54) is 18.2 Å². The SMILES string of the molecule is Cc1cc(CC(=O)Nc2cc(C(=N)N)ccc2O)ccc1-n1c(CNC(=O)OC(C)(C)C)nc2ccccc21. The predicted octanol–water partition coefficient (Wildman–Crippen LogP) is 4.53. The average molecular weight is 529 g/mol. The van der Waals surface area contributed by atoms with E-state index >= 15 is 0 Å². The lowest BCUT2D eigenvalue weighted by Gasteiger charge is -2.20. The molecule has 39 heavy (non-hydrogen) atoms. The van der Waals surface area contributed by atoms with Crippen LogP contribution in [0.1, 0.15) is 43.3 Å². The molecule has 0 radical (unpaired) electrons. The zero-order valence-electron chi connectivity index (χ0n) is 22.3. The van der Waals surface area contributed by atoms with Gasteiger partial charge in [0.15, 0.2) is 0 Å². The van der Waals surface area contributed by atoms with Crippen molar-refractivity contribution in [1.82, 2.24) is 14.9 Å². The molecule has 4 rings (SSSR count). The third-order valence-corrected chi connectivity index (χ3v) is 5.87. The van der Waals surface area contributed by atoms with Crippen molar-refractivity contribution in [3.8, 4) is 11.4 Å². The van der Waals surface area contributed by atoms with Crippen molar-refractivity contribution < 1.29 is 19.4 Å². The third-order valence-electron chi connectivity index (χ3n) is 5.87. The van der Waals surface area contributed by atoms with Gasteiger partial charge >= 0.3 is 6.09 Å². The van der Waals surface area contributed by atoms with E-state index in [9.17, 15) is 14.7 Å². The number of amides is 2. The Labute approximate surface area is 226 Å². The van der Waals surface area contributed by atoms with Gasteiger partial charge in [-0.15, -0.1) is 0 Å². The molecule has 1 heterocycles. The van der Waals surface area contributed by atoms with Gasteiger partial charge in [0.1, 0.15) is 23.0 Å². The first-order valence-corrected chi connectivity index (χ1v) is 12.4. The van der Waals surface area contributed by atoms with Crippen LogP contribution in [0.25, 0.3) is 16.7 Å². The summed E-state index contributed by atoms with van der Waals surface area (Å²) in [4.78, 5) is 29.7. The van der Waals surface area contributed by atoms with E-state index in [0.717, 1.165) is 27.8 Å². The van der Waals surface area contributed by atoms with Gasteiger partial charge in [-0.2, -0.15) is 0 Å². The first-order valence-electron chi connectivity index (χ1n) is 12.4. The molecule has 0 aliphatic heterocycles. The normalized spacial score (nSPS) is 11.3. The fourth-order valence-corrected chi connectivity index (χ4v) is 4.19. The molecule has 0 bridgehead atoms. The van der Waals surface area contributed by atoms with E-state index in [4.69, 9.17) is 20.9 Å². The van der Waals surface area contributed by atoms with Crippen LogP contribution in [-0.2, 0) is 22.5 Å². The Morgan fingerprint density at radius 1 is 1.10 bits per heavy atom. The molecule has 0 atom stereocenters. The van der Waals surface area contributed by atoms with Crippen molar-refractivity contribution in [2.45, 2.75) is 46.3 Å². The number of nitrogen functional groups attached to an aromatic ring is 1. The molecule has 0 saturated carbocycles. The van der Waals surface area contributed by atoms with Crippen molar-refractivity contribution in [3.05, 3.63) is 83.2 Å². The number of phenolic OH excluding ortho intramolecular Hbond substituents is 1. The number of fused-ring (bicyclic) bond motifs is 1. The number of hydrogen-bond donors (Lipinski definition) is 5. The van der Waals surface area contributed by atoms with Crippen LogP contribution in [0.15, 0.2) is 60.7 Å². The lowest BCUT2D eigenvalue weighted by atomic mass is 10.1. The van der Waals surface area contributed by atoms with Crippen molar-refractivity contribution in [2.75, 3.05) is 5.32 Å². The zero-order chi connectivity index (χ0) is 28.3. The van der Waals surface area contributed by atoms with Gasteiger partial charge in [0.05, 0.1) is 35.4 Å². The molecular weight excluding hydrogens is 496 g/mol. The number of amidine groups is 1. The molecule has 0 aliphatic carbocycles. The van der Waals surface area contributed by atoms with Gasteiger partial charge in [-0.1, -0.05) is 24.3 Å². The second-order valence-electron chi connectivity index (χ2n) is 10.2. The fourth-order valence-electron chi connectivity index (χ4n) is 4.19. The summed E-state index contributed by atoms with van der Waals surface area (Å²) < 4.78 is 7.35. The highest BCUT2D eigenvalue weighted by molar-refractivity contribution is 5.99. The van der Waals surface area contributed by atoms with E-state index in [0.29, 0.717) is 11.4 Å². The van der Waals surface area contributed by atoms with E-state index in [1.807, 2.05) is 54.0 Å². The van der Waals surface area contributed by atoms with Crippen LogP contribution in [0.5, 0.6) is 5.75 Å². The summed E-state index contributed by atoms with van der Waals surface area (Å²) in [6, 6.07) is 17.7. The molecule has 3 aromatic carbocycles. The predicted molar refractivity (Wildman–Crippen MR) is 150 cm³/mol. The number of alkyl carbamates (subject to hydrolysis) is 1. The molecule has 0 saturated heterocycles. The summed E-state index contributed by atoms with van der Waals surface area (Å²) in [5, 5.41) is 23.1. The highest BCUT2D eigenvalue weighted by Gasteiger charge is 2.19. The number of carbonyl (C=O) groups excluding carboxylic acids is 2. The monoisotopic (exact) mass is 528 g/mol. The van der Waals surface area contributed by atoms with Crippen molar-refractivity contribution >= 4 is 34.6 Å². The van der Waals surface area contributed by atoms with Crippen molar-refractivity contribution in [2.24, 2.45) is 5.73 Å². The molecule has 0 fully saturated rings. The van der Waals surface area contributed by atoms with Crippen LogP contribution in [-0.4, -0.2) is 38.1 Å². The third kappa shape index (κ3) is 6.53. The number of nitrogens with two attached hydrogens (primary N) is 1. The number of carbonyl (C=O) groups is 2. The molecule has 0 spiro atoms. The van der Waals surface area contributed by atoms with Gasteiger partial charge in [-0.3, -0.25) is 14.8 Å². The van der Waals surface area contributed by atoms with E-state index < -0.39 is 11.7 Å². The van der Waals surface area contributed by atoms with Crippen molar-refractivity contribution in [3.63, 3.8) is 0 Å². The number of aryl methyl sites for hydroxylation is 1. The standard InChI is InChI=1S/C29H32N6O4/c1-17-13-18(14-26(37)34-21-15-19(27(30)31)10-12-24(21)36)9-11-22(17)35-23-8-6-5-7-20(23)33-25(35)16-32-28(38)39-29(2,3)4/h5-13,15,36H,14,16H2,1-4H3,(H3,30,31)(H,32,38)(H,34,37). The molecule has 1 aromatic heterocycles. The highest BCUT2D eigenvalue weighted by Crippen LogP contribution is 2.26. The molecule has 2 amide bonds. The molecule has 0 unspecified atom stereocenters. The summed E-state index contributed by atoms with van der Waals surface area (Å²) in [6.45, 7) is 7.52. The lowest BCUT2D eigenvalue weighted by Crippen LogP contribution is -2.32. The zero-order valence-corrected chi connectivity index (χ0v) is 22.3. The summed E-state index contributed by atoms with van der Waals surface area (Å²) in [6.07, 6.45) is -0.457. The molecular formula is C29H32N6O4. The molecule has 10 nitrogen and oxygen atoms in total. The number of nitrogens with zero attached hydrogens (tertiary/aromatic N) is 2. The number of nitrogens with one attached hydrogen (secondary N) is 3. The van der Waals surface area contributed by atoms with Gasteiger partial charge < -0.3 is 26.2 Å². The number of benzene rings is 3. The van der Waals surface area contributed by atoms with Gasteiger partial charge in [0.2, 0.25) is 5.91 Å². The topological polar surface area (TPSA) is 155 Å². The summed E-state index contributed by atoms with van der Waals surface area (Å²) in [7, 11) is 0. The number of hydrogen-bond acceptors (Lipinski definition) is 6. The van der Waals surface area contributed by atoms with E-state index in [1.54, 1.807) is 20.8 Å². The Morgan fingerprint density at radius 3 is 2.54 bits per heavy atom. The van der Waals surface area contributed by atoms with Crippen LogP contribution >= 0.6 is 0 Å². The van der Waals surface area contributed by atoms with E-state index in [2.05, 4.69) is 10.6 Å². The minimum Gasteiger partial charge on any atom is -0.506 e. The van der Waals surface area contributed by atoms with Gasteiger partial charge in [0, 0.05) is 5.56 Å². The van der Waals surface area contributed by atoms with Crippen LogP contribution in [0.2, 0.25) is 0 Å². The van der Waals surface area contributed by atoms with Crippen LogP contribution < -0.4 is 16.4 Å². The van der Waals surface area contributed by atoms with Crippen molar-refractivity contribution in [1.29, 1.82) is 5.41 Å². The number of ether oxygens (including phenoxy) is 1.